The zero-order valence-electron chi connectivity index (χ0n) is 8.52. The Morgan fingerprint density at radius 3 is 2.53 bits per heavy atom. The average molecular weight is 227 g/mol. The highest BCUT2D eigenvalue weighted by Crippen LogP contribution is 2.37. The maximum atomic E-state index is 11.7. The zero-order chi connectivity index (χ0) is 11.1. The molecule has 15 heavy (non-hydrogen) atoms. The van der Waals surface area contributed by atoms with Crippen LogP contribution in [0.15, 0.2) is 10.2 Å². The summed E-state index contributed by atoms with van der Waals surface area (Å²) in [5.74, 6) is -0.872. The molecule has 1 fully saturated rings. The quantitative estimate of drug-likeness (QED) is 0.834. The van der Waals surface area contributed by atoms with E-state index in [9.17, 15) is 14.7 Å². The van der Waals surface area contributed by atoms with Gasteiger partial charge in [0.25, 0.3) is 0 Å². The van der Waals surface area contributed by atoms with E-state index in [0.717, 1.165) is 29.9 Å². The topological polar surface area (TPSA) is 59.3 Å². The van der Waals surface area contributed by atoms with Crippen molar-refractivity contribution < 1.29 is 9.90 Å². The van der Waals surface area contributed by atoms with Crippen LogP contribution < -0.4 is 4.87 Å². The highest BCUT2D eigenvalue weighted by molar-refractivity contribution is 7.07. The lowest BCUT2D eigenvalue weighted by Crippen LogP contribution is -2.44. The Bertz CT molecular complexity index is 440. The first kappa shape index (κ1) is 10.4. The van der Waals surface area contributed by atoms with E-state index in [1.54, 1.807) is 12.3 Å². The summed E-state index contributed by atoms with van der Waals surface area (Å²) < 4.78 is 1.47. The highest BCUT2D eigenvalue weighted by atomic mass is 32.1. The maximum absolute atomic E-state index is 11.7. The van der Waals surface area contributed by atoms with E-state index in [-0.39, 0.29) is 4.87 Å². The van der Waals surface area contributed by atoms with Crippen molar-refractivity contribution in [3.8, 4) is 0 Å². The third-order valence-corrected chi connectivity index (χ3v) is 3.97. The molecular formula is C10H13NO3S. The van der Waals surface area contributed by atoms with Gasteiger partial charge in [0.1, 0.15) is 5.54 Å². The molecule has 0 spiro atoms. The molecule has 1 heterocycles. The number of hydrogen-bond donors (Lipinski definition) is 1. The van der Waals surface area contributed by atoms with Gasteiger partial charge in [0, 0.05) is 11.1 Å². The summed E-state index contributed by atoms with van der Waals surface area (Å²) in [5.41, 5.74) is -0.212. The van der Waals surface area contributed by atoms with Crippen molar-refractivity contribution in [1.29, 1.82) is 0 Å². The number of aryl methyl sites for hydroxylation is 1. The third-order valence-electron chi connectivity index (χ3n) is 3.12. The van der Waals surface area contributed by atoms with Crippen molar-refractivity contribution in [2.75, 3.05) is 0 Å². The lowest BCUT2D eigenvalue weighted by Gasteiger charge is -2.26. The summed E-state index contributed by atoms with van der Waals surface area (Å²) in [6.45, 7) is 1.79. The molecule has 0 aromatic carbocycles. The molecule has 0 atom stereocenters. The lowest BCUT2D eigenvalue weighted by molar-refractivity contribution is -0.147. The summed E-state index contributed by atoms with van der Waals surface area (Å²) in [6.07, 6.45) is 2.90. The molecule has 1 aromatic rings. The second-order valence-corrected chi connectivity index (χ2v) is 4.84. The van der Waals surface area contributed by atoms with E-state index in [1.165, 1.54) is 4.57 Å². The number of thiazole rings is 1. The van der Waals surface area contributed by atoms with Gasteiger partial charge in [-0.25, -0.2) is 4.79 Å². The average Bonchev–Trinajstić information content (AvgIpc) is 2.74. The van der Waals surface area contributed by atoms with Crippen LogP contribution >= 0.6 is 11.3 Å². The molecule has 1 N–H and O–H groups in total. The lowest BCUT2D eigenvalue weighted by atomic mass is 9.97. The fourth-order valence-corrected chi connectivity index (χ4v) is 3.19. The Hall–Kier alpha value is -1.10. The van der Waals surface area contributed by atoms with Gasteiger partial charge in [-0.05, 0) is 19.8 Å². The van der Waals surface area contributed by atoms with Crippen molar-refractivity contribution in [1.82, 2.24) is 4.57 Å². The zero-order valence-corrected chi connectivity index (χ0v) is 9.34. The van der Waals surface area contributed by atoms with Gasteiger partial charge < -0.3 is 5.11 Å². The molecule has 0 bridgehead atoms. The predicted octanol–water partition coefficient (Wildman–Crippen LogP) is 1.57. The van der Waals surface area contributed by atoms with Crippen molar-refractivity contribution >= 4 is 17.3 Å². The van der Waals surface area contributed by atoms with E-state index in [0.29, 0.717) is 12.8 Å². The maximum Gasteiger partial charge on any atom is 0.330 e. The number of carbonyl (C=O) groups is 1. The molecule has 2 rings (SSSR count). The molecule has 0 amide bonds. The Morgan fingerprint density at radius 2 is 2.13 bits per heavy atom. The molecule has 0 saturated heterocycles. The SMILES string of the molecule is Cc1csc(=O)n1C1(C(=O)O)CCCC1. The molecule has 5 heteroatoms. The summed E-state index contributed by atoms with van der Waals surface area (Å²) in [4.78, 5) is 22.9. The standard InChI is InChI=1S/C10H13NO3S/c1-7-6-15-9(14)11(7)10(8(12)13)4-2-3-5-10/h6H,2-5H2,1H3,(H,12,13). The number of carboxylic acids is 1. The van der Waals surface area contributed by atoms with E-state index >= 15 is 0 Å². The van der Waals surface area contributed by atoms with Crippen LogP contribution in [-0.4, -0.2) is 15.6 Å². The van der Waals surface area contributed by atoms with Gasteiger partial charge >= 0.3 is 10.8 Å². The number of aliphatic carboxylic acids is 1. The minimum Gasteiger partial charge on any atom is -0.479 e. The molecule has 1 aliphatic rings. The van der Waals surface area contributed by atoms with Crippen molar-refractivity contribution in [2.45, 2.75) is 38.1 Å². The normalized spacial score (nSPS) is 19.3. The first-order valence-electron chi connectivity index (χ1n) is 4.99. The minimum absolute atomic E-state index is 0.156. The molecule has 1 aromatic heterocycles. The predicted molar refractivity (Wildman–Crippen MR) is 57.4 cm³/mol. The third kappa shape index (κ3) is 1.42. The molecule has 1 saturated carbocycles. The van der Waals surface area contributed by atoms with Gasteiger partial charge in [0.2, 0.25) is 0 Å². The van der Waals surface area contributed by atoms with Crippen LogP contribution in [0.3, 0.4) is 0 Å². The van der Waals surface area contributed by atoms with Crippen LogP contribution in [0, 0.1) is 6.92 Å². The van der Waals surface area contributed by atoms with E-state index < -0.39 is 11.5 Å². The molecule has 0 aliphatic heterocycles. The largest absolute Gasteiger partial charge is 0.479 e. The fourth-order valence-electron chi connectivity index (χ4n) is 2.39. The molecule has 0 unspecified atom stereocenters. The van der Waals surface area contributed by atoms with Gasteiger partial charge in [-0.2, -0.15) is 0 Å². The van der Waals surface area contributed by atoms with Crippen LogP contribution in [0.2, 0.25) is 0 Å². The number of rotatable bonds is 2. The van der Waals surface area contributed by atoms with Crippen molar-refractivity contribution in [3.05, 3.63) is 20.7 Å². The molecule has 0 radical (unpaired) electrons. The fraction of sp³-hybridized carbons (Fsp3) is 0.600. The Kier molecular flexibility index (Phi) is 2.42. The first-order chi connectivity index (χ1) is 7.08. The second kappa shape index (κ2) is 3.48. The van der Waals surface area contributed by atoms with E-state index in [4.69, 9.17) is 0 Å². The van der Waals surface area contributed by atoms with Gasteiger partial charge in [-0.1, -0.05) is 24.2 Å². The number of nitrogens with zero attached hydrogens (tertiary/aromatic N) is 1. The smallest absolute Gasteiger partial charge is 0.330 e. The van der Waals surface area contributed by atoms with Crippen LogP contribution in [0.4, 0.5) is 0 Å². The molecule has 82 valence electrons. The van der Waals surface area contributed by atoms with Gasteiger partial charge in [-0.15, -0.1) is 0 Å². The van der Waals surface area contributed by atoms with Crippen LogP contribution in [0.5, 0.6) is 0 Å². The Morgan fingerprint density at radius 1 is 1.53 bits per heavy atom. The van der Waals surface area contributed by atoms with E-state index in [2.05, 4.69) is 0 Å². The summed E-state index contributed by atoms with van der Waals surface area (Å²) in [6, 6.07) is 0. The van der Waals surface area contributed by atoms with Gasteiger partial charge in [-0.3, -0.25) is 9.36 Å². The van der Waals surface area contributed by atoms with Gasteiger partial charge in [0.15, 0.2) is 0 Å². The summed E-state index contributed by atoms with van der Waals surface area (Å²) >= 11 is 1.08. The highest BCUT2D eigenvalue weighted by Gasteiger charge is 2.44. The number of hydrogen-bond acceptors (Lipinski definition) is 3. The second-order valence-electron chi connectivity index (χ2n) is 4.02. The number of carboxylic acid groups (broad SMARTS) is 1. The summed E-state index contributed by atoms with van der Waals surface area (Å²) in [5, 5.41) is 11.1. The molecule has 1 aliphatic carbocycles. The molecular weight excluding hydrogens is 214 g/mol. The van der Waals surface area contributed by atoms with Crippen LogP contribution in [0.25, 0.3) is 0 Å². The first-order valence-corrected chi connectivity index (χ1v) is 5.87. The Balaban J connectivity index is 2.60. The van der Waals surface area contributed by atoms with Crippen molar-refractivity contribution in [2.24, 2.45) is 0 Å². The van der Waals surface area contributed by atoms with Crippen LogP contribution in [-0.2, 0) is 10.3 Å². The minimum atomic E-state index is -0.971. The Labute approximate surface area is 91.2 Å². The number of aromatic nitrogens is 1. The van der Waals surface area contributed by atoms with Gasteiger partial charge in [0.05, 0.1) is 0 Å². The van der Waals surface area contributed by atoms with E-state index in [1.807, 2.05) is 0 Å². The molecule has 4 nitrogen and oxygen atoms in total. The summed E-state index contributed by atoms with van der Waals surface area (Å²) in [7, 11) is 0. The van der Waals surface area contributed by atoms with Crippen molar-refractivity contribution in [3.63, 3.8) is 0 Å². The monoisotopic (exact) mass is 227 g/mol. The van der Waals surface area contributed by atoms with Crippen LogP contribution in [0.1, 0.15) is 31.4 Å².